The number of amides is 1. The smallest absolute Gasteiger partial charge is 0.271 e. The van der Waals surface area contributed by atoms with Crippen LogP contribution in [0.2, 0.25) is 15.1 Å². The molecule has 1 N–H and O–H groups in total. The summed E-state index contributed by atoms with van der Waals surface area (Å²) in [6.45, 7) is 5.18. The molecule has 3 aromatic carbocycles. The third-order valence-corrected chi connectivity index (χ3v) is 5.48. The van der Waals surface area contributed by atoms with Crippen LogP contribution in [0.15, 0.2) is 59.7 Å². The summed E-state index contributed by atoms with van der Waals surface area (Å²) in [5.41, 5.74) is 4.39. The Hall–Kier alpha value is -2.93. The van der Waals surface area contributed by atoms with Gasteiger partial charge in [0.15, 0.2) is 17.2 Å². The molecular formula is C26H25Cl3N2O4. The average molecular weight is 536 g/mol. The Morgan fingerprint density at radius 2 is 1.63 bits per heavy atom. The quantitative estimate of drug-likeness (QED) is 0.209. The molecule has 0 saturated heterocycles. The number of hydrogen-bond donors (Lipinski definition) is 1. The van der Waals surface area contributed by atoms with Crippen molar-refractivity contribution in [3.05, 3.63) is 86.4 Å². The van der Waals surface area contributed by atoms with Gasteiger partial charge in [0.2, 0.25) is 0 Å². The van der Waals surface area contributed by atoms with Crippen molar-refractivity contribution in [1.82, 2.24) is 5.43 Å². The maximum absolute atomic E-state index is 12.5. The van der Waals surface area contributed by atoms with Gasteiger partial charge in [-0.1, -0.05) is 53.9 Å². The van der Waals surface area contributed by atoms with Crippen molar-refractivity contribution in [2.45, 2.75) is 26.9 Å². The van der Waals surface area contributed by atoms with Crippen LogP contribution in [0.3, 0.4) is 0 Å². The molecule has 0 aromatic heterocycles. The topological polar surface area (TPSA) is 69.2 Å². The number of benzene rings is 3. The molecule has 3 aromatic rings. The fourth-order valence-electron chi connectivity index (χ4n) is 3.01. The summed E-state index contributed by atoms with van der Waals surface area (Å²) in [7, 11) is 0. The van der Waals surface area contributed by atoms with Gasteiger partial charge >= 0.3 is 0 Å². The highest BCUT2D eigenvalue weighted by molar-refractivity contribution is 6.37. The monoisotopic (exact) mass is 534 g/mol. The number of hydrogen-bond acceptors (Lipinski definition) is 5. The lowest BCUT2D eigenvalue weighted by Gasteiger charge is -2.12. The molecule has 3 rings (SSSR count). The minimum absolute atomic E-state index is 0.284. The molecule has 0 aliphatic heterocycles. The lowest BCUT2D eigenvalue weighted by atomic mass is 10.2. The highest BCUT2D eigenvalue weighted by Crippen LogP contribution is 2.34. The van der Waals surface area contributed by atoms with E-state index in [-0.39, 0.29) is 6.61 Å². The van der Waals surface area contributed by atoms with E-state index in [1.165, 1.54) is 6.21 Å². The molecule has 0 aliphatic rings. The van der Waals surface area contributed by atoms with Crippen LogP contribution in [-0.4, -0.2) is 25.3 Å². The molecule has 0 aliphatic carbocycles. The summed E-state index contributed by atoms with van der Waals surface area (Å²) in [6.07, 6.45) is 2.31. The molecule has 0 saturated carbocycles. The van der Waals surface area contributed by atoms with Gasteiger partial charge in [-0.3, -0.25) is 4.79 Å². The normalized spacial score (nSPS) is 10.9. The van der Waals surface area contributed by atoms with E-state index in [4.69, 9.17) is 49.0 Å². The van der Waals surface area contributed by atoms with Gasteiger partial charge in [-0.15, -0.1) is 0 Å². The summed E-state index contributed by atoms with van der Waals surface area (Å²) < 4.78 is 17.0. The lowest BCUT2D eigenvalue weighted by Crippen LogP contribution is -2.17. The molecule has 0 spiro atoms. The first-order valence-electron chi connectivity index (χ1n) is 11.0. The highest BCUT2D eigenvalue weighted by Gasteiger charge is 2.12. The Morgan fingerprint density at radius 1 is 0.914 bits per heavy atom. The Labute approximate surface area is 219 Å². The zero-order chi connectivity index (χ0) is 25.2. The Kier molecular flexibility index (Phi) is 10.1. The third kappa shape index (κ3) is 7.79. The molecule has 0 bridgehead atoms. The molecule has 0 heterocycles. The molecule has 35 heavy (non-hydrogen) atoms. The summed E-state index contributed by atoms with van der Waals surface area (Å²) in [6, 6.07) is 15.6. The minimum Gasteiger partial charge on any atom is -0.490 e. The fourth-order valence-corrected chi connectivity index (χ4v) is 3.75. The zero-order valence-electron chi connectivity index (χ0n) is 19.3. The highest BCUT2D eigenvalue weighted by atomic mass is 35.5. The van der Waals surface area contributed by atoms with Crippen molar-refractivity contribution < 1.29 is 19.0 Å². The number of nitrogens with one attached hydrogen (secondary N) is 1. The van der Waals surface area contributed by atoms with Gasteiger partial charge in [-0.2, -0.15) is 5.10 Å². The number of rotatable bonds is 11. The molecule has 0 radical (unpaired) electrons. The summed E-state index contributed by atoms with van der Waals surface area (Å²) in [4.78, 5) is 12.5. The summed E-state index contributed by atoms with van der Waals surface area (Å²) >= 11 is 18.6. The number of carbonyl (C=O) groups excluding carboxylic acids is 1. The Balaban J connectivity index is 1.64. The predicted molar refractivity (Wildman–Crippen MR) is 141 cm³/mol. The average Bonchev–Trinajstić information content (AvgIpc) is 2.84. The van der Waals surface area contributed by atoms with Gasteiger partial charge in [0.1, 0.15) is 6.61 Å². The van der Waals surface area contributed by atoms with E-state index in [0.717, 1.165) is 12.0 Å². The van der Waals surface area contributed by atoms with Crippen LogP contribution in [0.1, 0.15) is 41.8 Å². The van der Waals surface area contributed by atoms with E-state index >= 15 is 0 Å². The second-order valence-corrected chi connectivity index (χ2v) is 8.62. The van der Waals surface area contributed by atoms with Crippen LogP contribution in [0.25, 0.3) is 0 Å². The first-order valence-corrected chi connectivity index (χ1v) is 12.1. The molecule has 0 atom stereocenters. The largest absolute Gasteiger partial charge is 0.490 e. The van der Waals surface area contributed by atoms with E-state index in [1.807, 2.05) is 26.0 Å². The SMILES string of the molecule is CCCOc1ccc(C(=O)N/N=C/c2cc(Cl)c(OCc3ccc(Cl)cc3)c(Cl)c2)cc1OCC. The lowest BCUT2D eigenvalue weighted by molar-refractivity contribution is 0.0954. The van der Waals surface area contributed by atoms with Crippen molar-refractivity contribution in [2.24, 2.45) is 5.10 Å². The van der Waals surface area contributed by atoms with Gasteiger partial charge in [-0.25, -0.2) is 5.43 Å². The zero-order valence-corrected chi connectivity index (χ0v) is 21.6. The van der Waals surface area contributed by atoms with Crippen molar-refractivity contribution >= 4 is 46.9 Å². The minimum atomic E-state index is -0.399. The third-order valence-electron chi connectivity index (χ3n) is 4.66. The second kappa shape index (κ2) is 13.2. The Bertz CT molecular complexity index is 1160. The van der Waals surface area contributed by atoms with E-state index in [0.29, 0.717) is 56.7 Å². The molecule has 9 heteroatoms. The van der Waals surface area contributed by atoms with E-state index in [9.17, 15) is 4.79 Å². The molecule has 184 valence electrons. The number of carbonyl (C=O) groups is 1. The van der Waals surface area contributed by atoms with E-state index in [2.05, 4.69) is 10.5 Å². The van der Waals surface area contributed by atoms with Crippen molar-refractivity contribution in [2.75, 3.05) is 13.2 Å². The van der Waals surface area contributed by atoms with Crippen molar-refractivity contribution in [3.8, 4) is 17.2 Å². The maximum Gasteiger partial charge on any atom is 0.271 e. The molecule has 1 amide bonds. The number of ether oxygens (including phenoxy) is 3. The summed E-state index contributed by atoms with van der Waals surface area (Å²) in [5, 5.41) is 5.30. The van der Waals surface area contributed by atoms with Gasteiger partial charge < -0.3 is 14.2 Å². The number of hydrazone groups is 1. The van der Waals surface area contributed by atoms with E-state index < -0.39 is 5.91 Å². The van der Waals surface area contributed by atoms with Crippen LogP contribution < -0.4 is 19.6 Å². The molecule has 0 unspecified atom stereocenters. The predicted octanol–water partition coefficient (Wildman–Crippen LogP) is 7.18. The second-order valence-electron chi connectivity index (χ2n) is 7.37. The van der Waals surface area contributed by atoms with E-state index in [1.54, 1.807) is 42.5 Å². The molecule has 6 nitrogen and oxygen atoms in total. The first kappa shape index (κ1) is 26.7. The fraction of sp³-hybridized carbons (Fsp3) is 0.231. The van der Waals surface area contributed by atoms with Crippen LogP contribution in [0.5, 0.6) is 17.2 Å². The van der Waals surface area contributed by atoms with Crippen LogP contribution in [0, 0.1) is 0 Å². The van der Waals surface area contributed by atoms with Gasteiger partial charge in [-0.05, 0) is 66.9 Å². The summed E-state index contributed by atoms with van der Waals surface area (Å²) in [5.74, 6) is 1.06. The van der Waals surface area contributed by atoms with Gasteiger partial charge in [0, 0.05) is 10.6 Å². The van der Waals surface area contributed by atoms with Crippen LogP contribution in [0.4, 0.5) is 0 Å². The number of nitrogens with zero attached hydrogens (tertiary/aromatic N) is 1. The van der Waals surface area contributed by atoms with Gasteiger partial charge in [0.05, 0.1) is 29.5 Å². The van der Waals surface area contributed by atoms with Crippen molar-refractivity contribution in [1.29, 1.82) is 0 Å². The maximum atomic E-state index is 12.5. The standard InChI is InChI=1S/C26H25Cl3N2O4/c1-3-11-34-23-10-7-19(14-24(23)33-4-2)26(32)31-30-15-18-12-21(28)25(22(29)13-18)35-16-17-5-8-20(27)9-6-17/h5-10,12-15H,3-4,11,16H2,1-2H3,(H,31,32)/b30-15+. The van der Waals surface area contributed by atoms with Crippen LogP contribution in [-0.2, 0) is 6.61 Å². The first-order chi connectivity index (χ1) is 16.9. The van der Waals surface area contributed by atoms with Crippen molar-refractivity contribution in [3.63, 3.8) is 0 Å². The van der Waals surface area contributed by atoms with Gasteiger partial charge in [0.25, 0.3) is 5.91 Å². The molecule has 0 fully saturated rings. The number of halogens is 3. The van der Waals surface area contributed by atoms with Crippen LogP contribution >= 0.6 is 34.8 Å². The molecular weight excluding hydrogens is 511 g/mol. The Morgan fingerprint density at radius 3 is 2.29 bits per heavy atom.